The monoisotopic (exact) mass is 374 g/mol. The van der Waals surface area contributed by atoms with Crippen molar-refractivity contribution in [2.75, 3.05) is 34.2 Å². The molecule has 0 fully saturated rings. The molecule has 0 aliphatic rings. The lowest BCUT2D eigenvalue weighted by atomic mass is 9.98. The van der Waals surface area contributed by atoms with Crippen LogP contribution in [0.3, 0.4) is 0 Å². The Morgan fingerprint density at radius 1 is 1.08 bits per heavy atom. The molecule has 2 atom stereocenters. The van der Waals surface area contributed by atoms with E-state index < -0.39 is 0 Å². The summed E-state index contributed by atoms with van der Waals surface area (Å²) in [6.07, 6.45) is 0.922. The number of ether oxygens (including phenoxy) is 2. The van der Waals surface area contributed by atoms with Gasteiger partial charge in [-0.25, -0.2) is 0 Å². The van der Waals surface area contributed by atoms with E-state index in [0.29, 0.717) is 12.8 Å². The maximum atomic E-state index is 11.5. The molecule has 5 heteroatoms. The van der Waals surface area contributed by atoms with Crippen molar-refractivity contribution in [1.82, 2.24) is 0 Å². The first-order valence-electron chi connectivity index (χ1n) is 8.63. The standard InChI is InChI=1S/C14H20O2S.2C2H6O.C2H6/c1-3-13(16)9-12(11(2)15)10-17-14-7-5-4-6-8-14;2*1-3-2;1-2/h4-8,12-13,16H,3,9-10H2,1-2H3;2*1-2H3;1-2H3/t12-,13+;;;/m0.../s1. The second kappa shape index (κ2) is 23.1. The molecule has 0 aromatic heterocycles. The molecule has 4 nitrogen and oxygen atoms in total. The van der Waals surface area contributed by atoms with E-state index in [1.165, 1.54) is 4.90 Å². The van der Waals surface area contributed by atoms with E-state index in [1.54, 1.807) is 47.1 Å². The molecule has 0 saturated carbocycles. The molecular formula is C20H38O4S. The Kier molecular flexibility index (Phi) is 26.7. The zero-order valence-electron chi connectivity index (χ0n) is 17.2. The Hall–Kier alpha value is -0.880. The fourth-order valence-electron chi connectivity index (χ4n) is 1.56. The molecule has 1 rings (SSSR count). The third-order valence-electron chi connectivity index (χ3n) is 2.80. The van der Waals surface area contributed by atoms with Gasteiger partial charge in [0.1, 0.15) is 5.78 Å². The van der Waals surface area contributed by atoms with Gasteiger partial charge in [0.2, 0.25) is 0 Å². The number of hydrogen-bond acceptors (Lipinski definition) is 5. The quantitative estimate of drug-likeness (QED) is 0.701. The summed E-state index contributed by atoms with van der Waals surface area (Å²) in [7, 11) is 6.50. The van der Waals surface area contributed by atoms with E-state index in [-0.39, 0.29) is 17.8 Å². The van der Waals surface area contributed by atoms with Gasteiger partial charge in [0, 0.05) is 45.0 Å². The van der Waals surface area contributed by atoms with Crippen molar-refractivity contribution in [2.24, 2.45) is 5.92 Å². The molecule has 0 aliphatic heterocycles. The largest absolute Gasteiger partial charge is 0.393 e. The van der Waals surface area contributed by atoms with Crippen LogP contribution in [0.1, 0.15) is 40.5 Å². The normalized spacial score (nSPS) is 11.4. The van der Waals surface area contributed by atoms with Gasteiger partial charge in [-0.1, -0.05) is 39.0 Å². The molecular weight excluding hydrogens is 336 g/mol. The summed E-state index contributed by atoms with van der Waals surface area (Å²) < 4.78 is 8.50. The van der Waals surface area contributed by atoms with Gasteiger partial charge in [-0.2, -0.15) is 0 Å². The Morgan fingerprint density at radius 2 is 1.52 bits per heavy atom. The fourth-order valence-corrected chi connectivity index (χ4v) is 2.67. The van der Waals surface area contributed by atoms with E-state index in [2.05, 4.69) is 9.47 Å². The predicted octanol–water partition coefficient (Wildman–Crippen LogP) is 4.70. The Bertz CT molecular complexity index is 369. The zero-order chi connectivity index (χ0) is 20.1. The number of ketones is 1. The Balaban J connectivity index is -0.000000517. The number of aliphatic hydroxyl groups is 1. The van der Waals surface area contributed by atoms with Crippen molar-refractivity contribution >= 4 is 17.5 Å². The van der Waals surface area contributed by atoms with Crippen LogP contribution in [0.5, 0.6) is 0 Å². The molecule has 0 aliphatic carbocycles. The lowest BCUT2D eigenvalue weighted by Gasteiger charge is -2.16. The minimum absolute atomic E-state index is 0.0462. The van der Waals surface area contributed by atoms with E-state index >= 15 is 0 Å². The highest BCUT2D eigenvalue weighted by Crippen LogP contribution is 2.23. The summed E-state index contributed by atoms with van der Waals surface area (Å²) in [4.78, 5) is 12.7. The predicted molar refractivity (Wildman–Crippen MR) is 109 cm³/mol. The lowest BCUT2D eigenvalue weighted by molar-refractivity contribution is -0.121. The van der Waals surface area contributed by atoms with Crippen molar-refractivity contribution in [3.05, 3.63) is 30.3 Å². The Labute approximate surface area is 159 Å². The number of benzene rings is 1. The van der Waals surface area contributed by atoms with Crippen LogP contribution < -0.4 is 0 Å². The van der Waals surface area contributed by atoms with Crippen LogP contribution in [0.15, 0.2) is 35.2 Å². The van der Waals surface area contributed by atoms with Crippen molar-refractivity contribution in [3.63, 3.8) is 0 Å². The van der Waals surface area contributed by atoms with Gasteiger partial charge in [-0.15, -0.1) is 11.8 Å². The maximum absolute atomic E-state index is 11.5. The molecule has 1 aromatic rings. The number of carbonyl (C=O) groups is 1. The molecule has 1 aromatic carbocycles. The summed E-state index contributed by atoms with van der Waals surface area (Å²) in [6, 6.07) is 10.0. The van der Waals surface area contributed by atoms with Gasteiger partial charge in [0.15, 0.2) is 0 Å². The number of thioether (sulfide) groups is 1. The summed E-state index contributed by atoms with van der Waals surface area (Å²) >= 11 is 1.68. The van der Waals surface area contributed by atoms with Crippen LogP contribution in [-0.2, 0) is 14.3 Å². The molecule has 0 radical (unpaired) electrons. The van der Waals surface area contributed by atoms with E-state index in [9.17, 15) is 9.90 Å². The number of hydrogen-bond donors (Lipinski definition) is 1. The summed E-state index contributed by atoms with van der Waals surface area (Å²) in [5.41, 5.74) is 0. The zero-order valence-corrected chi connectivity index (χ0v) is 18.1. The van der Waals surface area contributed by atoms with Gasteiger partial charge in [-0.3, -0.25) is 4.79 Å². The molecule has 0 spiro atoms. The molecule has 0 unspecified atom stereocenters. The van der Waals surface area contributed by atoms with Crippen LogP contribution in [0.4, 0.5) is 0 Å². The average Bonchev–Trinajstić information content (AvgIpc) is 2.62. The topological polar surface area (TPSA) is 55.8 Å². The maximum Gasteiger partial charge on any atom is 0.133 e. The number of methoxy groups -OCH3 is 2. The molecule has 1 N–H and O–H groups in total. The molecule has 0 heterocycles. The van der Waals surface area contributed by atoms with Crippen LogP contribution in [0.2, 0.25) is 0 Å². The van der Waals surface area contributed by atoms with Crippen molar-refractivity contribution in [3.8, 4) is 0 Å². The van der Waals surface area contributed by atoms with E-state index in [4.69, 9.17) is 0 Å². The number of Topliss-reactive ketones (excluding diaryl/α,β-unsaturated/α-hetero) is 1. The fraction of sp³-hybridized carbons (Fsp3) is 0.650. The van der Waals surface area contributed by atoms with Crippen LogP contribution in [-0.4, -0.2) is 51.2 Å². The molecule has 0 bridgehead atoms. The molecule has 25 heavy (non-hydrogen) atoms. The smallest absolute Gasteiger partial charge is 0.133 e. The van der Waals surface area contributed by atoms with Crippen molar-refractivity contribution in [1.29, 1.82) is 0 Å². The highest BCUT2D eigenvalue weighted by atomic mass is 32.2. The molecule has 148 valence electrons. The lowest BCUT2D eigenvalue weighted by Crippen LogP contribution is -2.20. The van der Waals surface area contributed by atoms with Gasteiger partial charge >= 0.3 is 0 Å². The SMILES string of the molecule is CC.CC[C@@H](O)C[C@@H](CSc1ccccc1)C(C)=O.COC.COC. The van der Waals surface area contributed by atoms with Crippen molar-refractivity contribution in [2.45, 2.75) is 51.5 Å². The highest BCUT2D eigenvalue weighted by molar-refractivity contribution is 7.99. The number of rotatable bonds is 7. The average molecular weight is 375 g/mol. The summed E-state index contributed by atoms with van der Waals surface area (Å²) in [6.45, 7) is 7.55. The minimum atomic E-state index is -0.361. The minimum Gasteiger partial charge on any atom is -0.393 e. The highest BCUT2D eigenvalue weighted by Gasteiger charge is 2.18. The third kappa shape index (κ3) is 21.1. The first-order chi connectivity index (χ1) is 12.0. The van der Waals surface area contributed by atoms with Crippen LogP contribution in [0.25, 0.3) is 0 Å². The first-order valence-corrected chi connectivity index (χ1v) is 9.61. The Morgan fingerprint density at radius 3 is 1.88 bits per heavy atom. The van der Waals surface area contributed by atoms with Crippen LogP contribution >= 0.6 is 11.8 Å². The first kappa shape index (κ1) is 28.9. The van der Waals surface area contributed by atoms with E-state index in [0.717, 1.165) is 5.75 Å². The van der Waals surface area contributed by atoms with E-state index in [1.807, 2.05) is 51.1 Å². The van der Waals surface area contributed by atoms with Crippen molar-refractivity contribution < 1.29 is 19.4 Å². The summed E-state index contributed by atoms with van der Waals surface area (Å²) in [5, 5.41) is 9.61. The molecule has 0 amide bonds. The van der Waals surface area contributed by atoms with Crippen LogP contribution in [0, 0.1) is 5.92 Å². The third-order valence-corrected chi connectivity index (χ3v) is 3.97. The van der Waals surface area contributed by atoms with Gasteiger partial charge in [-0.05, 0) is 31.9 Å². The summed E-state index contributed by atoms with van der Waals surface area (Å²) in [5.74, 6) is 0.868. The second-order valence-electron chi connectivity index (χ2n) is 5.05. The van der Waals surface area contributed by atoms with Gasteiger partial charge in [0.25, 0.3) is 0 Å². The van der Waals surface area contributed by atoms with Gasteiger partial charge in [0.05, 0.1) is 6.10 Å². The second-order valence-corrected chi connectivity index (χ2v) is 6.14. The molecule has 0 saturated heterocycles. The van der Waals surface area contributed by atoms with Gasteiger partial charge < -0.3 is 14.6 Å². The number of aliphatic hydroxyl groups excluding tert-OH is 1. The number of carbonyl (C=O) groups excluding carboxylic acids is 1.